The van der Waals surface area contributed by atoms with Gasteiger partial charge in [0.25, 0.3) is 0 Å². The molecule has 1 fully saturated rings. The SMILES string of the molecule is Cc1cccc(-c2ccncc2)c1CN1CCCC1c1ccc2c(c1)OCCO2. The lowest BCUT2D eigenvalue weighted by atomic mass is 9.95. The van der Waals surface area contributed by atoms with Crippen LogP contribution in [0.25, 0.3) is 11.1 Å². The molecule has 0 N–H and O–H groups in total. The molecule has 4 nitrogen and oxygen atoms in total. The van der Waals surface area contributed by atoms with Crippen molar-refractivity contribution in [2.45, 2.75) is 32.4 Å². The van der Waals surface area contributed by atoms with Gasteiger partial charge in [-0.15, -0.1) is 0 Å². The molecule has 0 amide bonds. The van der Waals surface area contributed by atoms with Crippen LogP contribution >= 0.6 is 0 Å². The second-order valence-electron chi connectivity index (χ2n) is 7.87. The molecule has 148 valence electrons. The molecule has 1 aromatic heterocycles. The molecule has 0 spiro atoms. The van der Waals surface area contributed by atoms with Crippen molar-refractivity contribution < 1.29 is 9.47 Å². The monoisotopic (exact) mass is 386 g/mol. The number of pyridine rings is 1. The van der Waals surface area contributed by atoms with Crippen LogP contribution in [0.3, 0.4) is 0 Å². The van der Waals surface area contributed by atoms with Crippen molar-refractivity contribution in [3.63, 3.8) is 0 Å². The number of aryl methyl sites for hydroxylation is 1. The van der Waals surface area contributed by atoms with Crippen LogP contribution in [0.2, 0.25) is 0 Å². The molecule has 1 unspecified atom stereocenters. The zero-order valence-electron chi connectivity index (χ0n) is 16.8. The number of ether oxygens (including phenoxy) is 2. The van der Waals surface area contributed by atoms with Crippen molar-refractivity contribution in [3.8, 4) is 22.6 Å². The van der Waals surface area contributed by atoms with E-state index in [2.05, 4.69) is 65.3 Å². The second kappa shape index (κ2) is 7.88. The van der Waals surface area contributed by atoms with Gasteiger partial charge in [-0.1, -0.05) is 24.3 Å². The molecular weight excluding hydrogens is 360 g/mol. The third-order valence-electron chi connectivity index (χ3n) is 6.08. The summed E-state index contributed by atoms with van der Waals surface area (Å²) in [5.74, 6) is 1.75. The summed E-state index contributed by atoms with van der Waals surface area (Å²) < 4.78 is 11.5. The second-order valence-corrected chi connectivity index (χ2v) is 7.87. The summed E-state index contributed by atoms with van der Waals surface area (Å²) >= 11 is 0. The maximum Gasteiger partial charge on any atom is 0.161 e. The van der Waals surface area contributed by atoms with E-state index in [1.807, 2.05) is 12.4 Å². The fraction of sp³-hybridized carbons (Fsp3) is 0.320. The van der Waals surface area contributed by atoms with Crippen molar-refractivity contribution in [2.24, 2.45) is 0 Å². The highest BCUT2D eigenvalue weighted by Gasteiger charge is 2.28. The number of hydrogen-bond acceptors (Lipinski definition) is 4. The summed E-state index contributed by atoms with van der Waals surface area (Å²) in [6.07, 6.45) is 6.14. The normalized spacial score (nSPS) is 18.7. The van der Waals surface area contributed by atoms with E-state index < -0.39 is 0 Å². The van der Waals surface area contributed by atoms with Crippen LogP contribution in [0.4, 0.5) is 0 Å². The van der Waals surface area contributed by atoms with Gasteiger partial charge >= 0.3 is 0 Å². The molecule has 2 aliphatic heterocycles. The van der Waals surface area contributed by atoms with Crippen LogP contribution in [0.5, 0.6) is 11.5 Å². The van der Waals surface area contributed by atoms with Gasteiger partial charge in [-0.25, -0.2) is 0 Å². The first-order valence-corrected chi connectivity index (χ1v) is 10.4. The van der Waals surface area contributed by atoms with Crippen molar-refractivity contribution in [3.05, 3.63) is 77.6 Å². The van der Waals surface area contributed by atoms with Crippen molar-refractivity contribution in [2.75, 3.05) is 19.8 Å². The van der Waals surface area contributed by atoms with E-state index in [4.69, 9.17) is 9.47 Å². The summed E-state index contributed by atoms with van der Waals surface area (Å²) in [4.78, 5) is 6.79. The van der Waals surface area contributed by atoms with Gasteiger partial charge < -0.3 is 9.47 Å². The number of rotatable bonds is 4. The summed E-state index contributed by atoms with van der Waals surface area (Å²) in [6.45, 7) is 5.54. The Morgan fingerprint density at radius 3 is 2.69 bits per heavy atom. The molecule has 3 aromatic rings. The minimum atomic E-state index is 0.413. The first kappa shape index (κ1) is 18.2. The Hall–Kier alpha value is -2.85. The zero-order valence-corrected chi connectivity index (χ0v) is 16.8. The largest absolute Gasteiger partial charge is 0.486 e. The highest BCUT2D eigenvalue weighted by Crippen LogP contribution is 2.39. The Labute approximate surface area is 172 Å². The van der Waals surface area contributed by atoms with E-state index in [9.17, 15) is 0 Å². The van der Waals surface area contributed by atoms with E-state index in [0.29, 0.717) is 19.3 Å². The molecule has 2 aromatic carbocycles. The van der Waals surface area contributed by atoms with Gasteiger partial charge in [0.15, 0.2) is 11.5 Å². The molecular formula is C25H26N2O2. The number of nitrogens with zero attached hydrogens (tertiary/aromatic N) is 2. The van der Waals surface area contributed by atoms with Gasteiger partial charge in [0.05, 0.1) is 0 Å². The minimum Gasteiger partial charge on any atom is -0.486 e. The molecule has 0 aliphatic carbocycles. The minimum absolute atomic E-state index is 0.413. The number of hydrogen-bond donors (Lipinski definition) is 0. The van der Waals surface area contributed by atoms with Gasteiger partial charge in [0.2, 0.25) is 0 Å². The summed E-state index contributed by atoms with van der Waals surface area (Å²) in [7, 11) is 0. The third kappa shape index (κ3) is 3.60. The number of aromatic nitrogens is 1. The average molecular weight is 386 g/mol. The highest BCUT2D eigenvalue weighted by atomic mass is 16.6. The number of benzene rings is 2. The lowest BCUT2D eigenvalue weighted by molar-refractivity contribution is 0.170. The Bertz CT molecular complexity index is 1000. The topological polar surface area (TPSA) is 34.6 Å². The molecule has 0 radical (unpaired) electrons. The Morgan fingerprint density at radius 2 is 1.83 bits per heavy atom. The molecule has 3 heterocycles. The fourth-order valence-corrected chi connectivity index (χ4v) is 4.58. The van der Waals surface area contributed by atoms with Crippen LogP contribution in [0, 0.1) is 6.92 Å². The number of fused-ring (bicyclic) bond motifs is 1. The quantitative estimate of drug-likeness (QED) is 0.620. The van der Waals surface area contributed by atoms with Gasteiger partial charge in [-0.05, 0) is 78.4 Å². The van der Waals surface area contributed by atoms with Crippen molar-refractivity contribution in [1.29, 1.82) is 0 Å². The standard InChI is InChI=1S/C25H26N2O2/c1-18-4-2-5-21(19-9-11-26-12-10-19)22(18)17-27-13-3-6-23(27)20-7-8-24-25(16-20)29-15-14-28-24/h2,4-5,7-12,16,23H,3,6,13-15,17H2,1H3. The average Bonchev–Trinajstić information content (AvgIpc) is 3.24. The van der Waals surface area contributed by atoms with Gasteiger partial charge in [-0.3, -0.25) is 9.88 Å². The third-order valence-corrected chi connectivity index (χ3v) is 6.08. The van der Waals surface area contributed by atoms with Crippen LogP contribution in [0.1, 0.15) is 35.6 Å². The summed E-state index contributed by atoms with van der Waals surface area (Å²) in [5.41, 5.74) is 6.61. The fourth-order valence-electron chi connectivity index (χ4n) is 4.58. The molecule has 2 aliphatic rings. The van der Waals surface area contributed by atoms with E-state index in [1.54, 1.807) is 0 Å². The van der Waals surface area contributed by atoms with Crippen molar-refractivity contribution in [1.82, 2.24) is 9.88 Å². The summed E-state index contributed by atoms with van der Waals surface area (Å²) in [5, 5.41) is 0. The smallest absolute Gasteiger partial charge is 0.161 e. The predicted octanol–water partition coefficient (Wildman–Crippen LogP) is 5.17. The van der Waals surface area contributed by atoms with Crippen LogP contribution in [-0.4, -0.2) is 29.6 Å². The molecule has 29 heavy (non-hydrogen) atoms. The van der Waals surface area contributed by atoms with Gasteiger partial charge in [-0.2, -0.15) is 0 Å². The molecule has 1 saturated heterocycles. The Kier molecular flexibility index (Phi) is 4.94. The molecule has 4 heteroatoms. The Morgan fingerprint density at radius 1 is 1.00 bits per heavy atom. The molecule has 0 saturated carbocycles. The van der Waals surface area contributed by atoms with Gasteiger partial charge in [0.1, 0.15) is 13.2 Å². The van der Waals surface area contributed by atoms with E-state index >= 15 is 0 Å². The first-order valence-electron chi connectivity index (χ1n) is 10.4. The predicted molar refractivity (Wildman–Crippen MR) is 114 cm³/mol. The lowest BCUT2D eigenvalue weighted by Gasteiger charge is -2.28. The molecule has 5 rings (SSSR count). The van der Waals surface area contributed by atoms with Gasteiger partial charge in [0, 0.05) is 25.0 Å². The maximum atomic E-state index is 5.82. The maximum absolute atomic E-state index is 5.82. The van der Waals surface area contributed by atoms with Crippen LogP contribution in [-0.2, 0) is 6.54 Å². The molecule has 1 atom stereocenters. The number of likely N-dealkylation sites (tertiary alicyclic amines) is 1. The van der Waals surface area contributed by atoms with E-state index in [0.717, 1.165) is 24.6 Å². The lowest BCUT2D eigenvalue weighted by Crippen LogP contribution is -2.24. The van der Waals surface area contributed by atoms with Crippen LogP contribution < -0.4 is 9.47 Å². The zero-order chi connectivity index (χ0) is 19.6. The van der Waals surface area contributed by atoms with Crippen molar-refractivity contribution >= 4 is 0 Å². The Balaban J connectivity index is 1.45. The van der Waals surface area contributed by atoms with Crippen LogP contribution in [0.15, 0.2) is 60.9 Å². The van der Waals surface area contributed by atoms with E-state index in [-0.39, 0.29) is 0 Å². The van der Waals surface area contributed by atoms with E-state index in [1.165, 1.54) is 40.7 Å². The highest BCUT2D eigenvalue weighted by molar-refractivity contribution is 5.68. The summed E-state index contributed by atoms with van der Waals surface area (Å²) in [6, 6.07) is 17.7. The molecule has 0 bridgehead atoms. The first-order chi connectivity index (χ1) is 14.3.